The Morgan fingerprint density at radius 3 is 2.62 bits per heavy atom. The summed E-state index contributed by atoms with van der Waals surface area (Å²) in [4.78, 5) is 3.94. The zero-order valence-electron chi connectivity index (χ0n) is 12.3. The maximum Gasteiger partial charge on any atom is 0.161 e. The minimum absolute atomic E-state index is 0.270. The fraction of sp³-hybridized carbons (Fsp3) is 0.429. The van der Waals surface area contributed by atoms with Crippen molar-refractivity contribution < 1.29 is 9.47 Å². The third-order valence-corrected chi connectivity index (χ3v) is 3.86. The second-order valence-corrected chi connectivity index (χ2v) is 5.55. The molecular formula is C14H19BrN4O2. The molecule has 0 radical (unpaired) electrons. The molecule has 2 rings (SSSR count). The molecule has 0 fully saturated rings. The normalized spacial score (nSPS) is 12.2. The highest BCUT2D eigenvalue weighted by molar-refractivity contribution is 9.10. The van der Waals surface area contributed by atoms with Crippen LogP contribution in [0.1, 0.15) is 12.5 Å². The molecule has 0 bridgehead atoms. The van der Waals surface area contributed by atoms with Crippen molar-refractivity contribution >= 4 is 15.9 Å². The van der Waals surface area contributed by atoms with E-state index in [1.54, 1.807) is 25.2 Å². The van der Waals surface area contributed by atoms with E-state index in [4.69, 9.17) is 9.47 Å². The molecule has 0 aliphatic heterocycles. The number of hydrogen-bond acceptors (Lipinski definition) is 5. The Morgan fingerprint density at radius 1 is 1.29 bits per heavy atom. The van der Waals surface area contributed by atoms with Gasteiger partial charge in [0, 0.05) is 17.1 Å². The smallest absolute Gasteiger partial charge is 0.161 e. The van der Waals surface area contributed by atoms with Crippen LogP contribution in [-0.2, 0) is 13.1 Å². The number of nitrogens with zero attached hydrogens (tertiary/aromatic N) is 3. The third-order valence-electron chi connectivity index (χ3n) is 3.12. The van der Waals surface area contributed by atoms with E-state index in [0.29, 0.717) is 5.75 Å². The number of benzene rings is 1. The molecule has 0 saturated heterocycles. The molecule has 1 unspecified atom stereocenters. The molecule has 6 nitrogen and oxygen atoms in total. The third kappa shape index (κ3) is 4.18. The van der Waals surface area contributed by atoms with Gasteiger partial charge in [-0.15, -0.1) is 0 Å². The van der Waals surface area contributed by atoms with Crippen LogP contribution in [-0.4, -0.2) is 35.0 Å². The van der Waals surface area contributed by atoms with Gasteiger partial charge in [-0.1, -0.05) is 15.9 Å². The molecule has 0 aliphatic rings. The zero-order valence-corrected chi connectivity index (χ0v) is 13.9. The first-order valence-electron chi connectivity index (χ1n) is 6.60. The summed E-state index contributed by atoms with van der Waals surface area (Å²) < 4.78 is 13.4. The molecular weight excluding hydrogens is 336 g/mol. The van der Waals surface area contributed by atoms with E-state index in [1.165, 1.54) is 6.33 Å². The highest BCUT2D eigenvalue weighted by atomic mass is 79.9. The van der Waals surface area contributed by atoms with Gasteiger partial charge in [-0.2, -0.15) is 5.10 Å². The van der Waals surface area contributed by atoms with Crippen molar-refractivity contribution in [3.63, 3.8) is 0 Å². The molecule has 2 aromatic rings. The fourth-order valence-corrected chi connectivity index (χ4v) is 2.45. The topological polar surface area (TPSA) is 61.2 Å². The van der Waals surface area contributed by atoms with Crippen LogP contribution in [0.5, 0.6) is 11.5 Å². The summed E-state index contributed by atoms with van der Waals surface area (Å²) in [5.74, 6) is 1.44. The van der Waals surface area contributed by atoms with Gasteiger partial charge in [-0.05, 0) is 24.6 Å². The van der Waals surface area contributed by atoms with Crippen LogP contribution >= 0.6 is 15.9 Å². The number of ether oxygens (including phenoxy) is 2. The lowest BCUT2D eigenvalue weighted by atomic mass is 10.2. The van der Waals surface area contributed by atoms with Crippen LogP contribution in [0.4, 0.5) is 0 Å². The Hall–Kier alpha value is -1.60. The second kappa shape index (κ2) is 7.42. The maximum atomic E-state index is 5.33. The van der Waals surface area contributed by atoms with E-state index < -0.39 is 0 Å². The van der Waals surface area contributed by atoms with Gasteiger partial charge in [0.2, 0.25) is 0 Å². The highest BCUT2D eigenvalue weighted by Gasteiger charge is 2.11. The Morgan fingerprint density at radius 2 is 2.00 bits per heavy atom. The second-order valence-electron chi connectivity index (χ2n) is 4.70. The lowest BCUT2D eigenvalue weighted by Crippen LogP contribution is -2.30. The van der Waals surface area contributed by atoms with E-state index in [2.05, 4.69) is 38.3 Å². The van der Waals surface area contributed by atoms with Crippen molar-refractivity contribution in [2.24, 2.45) is 0 Å². The summed E-state index contributed by atoms with van der Waals surface area (Å²) in [6.07, 6.45) is 3.25. The fourth-order valence-electron chi connectivity index (χ4n) is 1.99. The SMILES string of the molecule is COc1cc(Br)c(CNC(C)Cn2cncn2)cc1OC. The van der Waals surface area contributed by atoms with E-state index in [1.807, 2.05) is 12.1 Å². The van der Waals surface area contributed by atoms with Crippen LogP contribution in [0, 0.1) is 0 Å². The van der Waals surface area contributed by atoms with E-state index >= 15 is 0 Å². The van der Waals surface area contributed by atoms with Crippen molar-refractivity contribution in [3.8, 4) is 11.5 Å². The number of rotatable bonds is 7. The summed E-state index contributed by atoms with van der Waals surface area (Å²) >= 11 is 3.56. The average molecular weight is 355 g/mol. The van der Waals surface area contributed by atoms with Crippen molar-refractivity contribution in [2.45, 2.75) is 26.1 Å². The highest BCUT2D eigenvalue weighted by Crippen LogP contribution is 2.33. The standard InChI is InChI=1S/C14H19BrN4O2/c1-10(7-19-9-16-8-18-19)17-6-11-4-13(20-2)14(21-3)5-12(11)15/h4-5,8-10,17H,6-7H2,1-3H3. The van der Waals surface area contributed by atoms with Gasteiger partial charge in [0.25, 0.3) is 0 Å². The van der Waals surface area contributed by atoms with Gasteiger partial charge >= 0.3 is 0 Å². The summed E-state index contributed by atoms with van der Waals surface area (Å²) in [5.41, 5.74) is 1.11. The predicted molar refractivity (Wildman–Crippen MR) is 83.6 cm³/mol. The first-order valence-corrected chi connectivity index (χ1v) is 7.39. The van der Waals surface area contributed by atoms with Crippen LogP contribution in [0.3, 0.4) is 0 Å². The molecule has 114 valence electrons. The van der Waals surface area contributed by atoms with Crippen LogP contribution in [0.2, 0.25) is 0 Å². The first-order chi connectivity index (χ1) is 10.1. The lowest BCUT2D eigenvalue weighted by Gasteiger charge is -2.16. The number of nitrogens with one attached hydrogen (secondary N) is 1. The minimum Gasteiger partial charge on any atom is -0.493 e. The molecule has 1 atom stereocenters. The Bertz CT molecular complexity index is 575. The summed E-state index contributed by atoms with van der Waals surface area (Å²) in [7, 11) is 3.26. The lowest BCUT2D eigenvalue weighted by molar-refractivity contribution is 0.354. The van der Waals surface area contributed by atoms with Gasteiger partial charge in [0.15, 0.2) is 11.5 Å². The molecule has 0 saturated carbocycles. The van der Waals surface area contributed by atoms with Crippen LogP contribution < -0.4 is 14.8 Å². The number of aromatic nitrogens is 3. The van der Waals surface area contributed by atoms with Crippen LogP contribution in [0.15, 0.2) is 29.3 Å². The van der Waals surface area contributed by atoms with Crippen molar-refractivity contribution in [2.75, 3.05) is 14.2 Å². The van der Waals surface area contributed by atoms with Gasteiger partial charge < -0.3 is 14.8 Å². The van der Waals surface area contributed by atoms with Gasteiger partial charge in [0.05, 0.1) is 20.8 Å². The number of methoxy groups -OCH3 is 2. The van der Waals surface area contributed by atoms with Gasteiger partial charge in [-0.3, -0.25) is 4.68 Å². The molecule has 21 heavy (non-hydrogen) atoms. The minimum atomic E-state index is 0.270. The molecule has 0 aliphatic carbocycles. The Labute approximate surface area is 132 Å². The van der Waals surface area contributed by atoms with Crippen molar-refractivity contribution in [1.29, 1.82) is 0 Å². The maximum absolute atomic E-state index is 5.33. The number of hydrogen-bond donors (Lipinski definition) is 1. The van der Waals surface area contributed by atoms with E-state index in [-0.39, 0.29) is 6.04 Å². The first kappa shape index (κ1) is 15.8. The van der Waals surface area contributed by atoms with E-state index in [9.17, 15) is 0 Å². The Balaban J connectivity index is 1.99. The molecule has 1 heterocycles. The summed E-state index contributed by atoms with van der Waals surface area (Å²) in [5, 5.41) is 7.55. The van der Waals surface area contributed by atoms with E-state index in [0.717, 1.165) is 28.9 Å². The van der Waals surface area contributed by atoms with Crippen LogP contribution in [0.25, 0.3) is 0 Å². The molecule has 7 heteroatoms. The molecule has 1 N–H and O–H groups in total. The molecule has 0 spiro atoms. The Kier molecular flexibility index (Phi) is 5.58. The predicted octanol–water partition coefficient (Wildman–Crippen LogP) is 2.24. The zero-order chi connectivity index (χ0) is 15.2. The monoisotopic (exact) mass is 354 g/mol. The van der Waals surface area contributed by atoms with Gasteiger partial charge in [0.1, 0.15) is 12.7 Å². The van der Waals surface area contributed by atoms with Crippen molar-refractivity contribution in [1.82, 2.24) is 20.1 Å². The number of halogens is 1. The largest absolute Gasteiger partial charge is 0.493 e. The molecule has 0 amide bonds. The van der Waals surface area contributed by atoms with Gasteiger partial charge in [-0.25, -0.2) is 4.98 Å². The molecule has 1 aromatic carbocycles. The average Bonchev–Trinajstić information content (AvgIpc) is 2.98. The molecule has 1 aromatic heterocycles. The summed E-state index contributed by atoms with van der Waals surface area (Å²) in [6.45, 7) is 3.60. The quantitative estimate of drug-likeness (QED) is 0.826. The van der Waals surface area contributed by atoms with Crippen molar-refractivity contribution in [3.05, 3.63) is 34.8 Å². The summed E-state index contributed by atoms with van der Waals surface area (Å²) in [6, 6.07) is 4.16.